The van der Waals surface area contributed by atoms with Crippen molar-refractivity contribution >= 4 is 127 Å². The Morgan fingerprint density at radius 3 is 2.12 bits per heavy atom. The van der Waals surface area contributed by atoms with Crippen LogP contribution in [0, 0.1) is 24.7 Å². The zero-order valence-electron chi connectivity index (χ0n) is 49.3. The largest absolute Gasteiger partial charge is 0.481 e. The molecule has 476 valence electrons. The SMILES string of the molecule is CNC(=O)C[C@@H]1NC(=O)c2csc(n2)-c2ccc(-c3nc(N(C(=O)C4CCC(C(=O)O)CC4)c4ncc(C(=O)O)o4)cs3)nc2-c2csc(n2)-c2csc(n2)[C@H]([C@@H](O)c2ccccc2)NC(=O)CNC(=O)c2nc(sc2COC)C(C(C)C)NC(=O)c2nc1sc2C. The molecule has 8 aromatic heterocycles. The molecule has 92 heavy (non-hydrogen) atoms. The highest BCUT2D eigenvalue weighted by Crippen LogP contribution is 2.42. The van der Waals surface area contributed by atoms with Crippen LogP contribution in [-0.2, 0) is 30.5 Å². The number of carboxylic acid groups (broad SMARTS) is 2. The number of aliphatic carboxylic acids is 1. The average molecular weight is 1360 g/mol. The molecule has 10 bridgehead atoms. The lowest BCUT2D eigenvalue weighted by molar-refractivity contribution is -0.144. The van der Waals surface area contributed by atoms with Crippen molar-refractivity contribution in [3.05, 3.63) is 123 Å². The third kappa shape index (κ3) is 13.9. The standard InChI is InChI=1S/C59H56N14O13S6/c1-25(2)41-55-72-44(37(92-55)20-85-5)48(78)61-19-40(75)69-45(46(76)27-9-7-6-8-10-27)54-67-35(23-89-54)52-65-33(21-88-52)43-30(50-66-34(22-87-50)47(77)64-32(17-39(74)60-4)53-71-42(26(3)91-53)49(79)70-41)15-16-31(63-43)51-68-38(24-90-51)73(59-62-18-36(86-59)58(83)84)56(80)28-11-13-29(14-12-28)57(81)82/h6-10,15-16,18,21-25,28-29,32,41,45-46,76H,11-14,17,19-20H2,1-5H3,(H,60,74)(H,61,78)(H,64,77)(H,69,75)(H,70,79)(H,81,82)(H,83,84)/t28?,29?,32-,41?,45-,46-/m0/s1. The number of aliphatic hydroxyl groups is 1. The summed E-state index contributed by atoms with van der Waals surface area (Å²) in [5.74, 6) is -8.00. The summed E-state index contributed by atoms with van der Waals surface area (Å²) in [5, 5.41) is 53.9. The normalized spacial score (nSPS) is 18.4. The molecule has 1 aliphatic heterocycles. The Morgan fingerprint density at radius 1 is 0.707 bits per heavy atom. The van der Waals surface area contributed by atoms with Crippen LogP contribution in [0.1, 0.15) is 143 Å². The van der Waals surface area contributed by atoms with E-state index < -0.39 is 95.8 Å². The molecule has 11 rings (SSSR count). The van der Waals surface area contributed by atoms with Crippen LogP contribution in [0.25, 0.3) is 43.4 Å². The second-order valence-electron chi connectivity index (χ2n) is 21.5. The summed E-state index contributed by atoms with van der Waals surface area (Å²) < 4.78 is 11.0. The highest BCUT2D eigenvalue weighted by atomic mass is 32.1. The average Bonchev–Trinajstić information content (AvgIpc) is 1.73. The number of ether oxygens (including phenoxy) is 1. The molecule has 0 radical (unpaired) electrons. The summed E-state index contributed by atoms with van der Waals surface area (Å²) in [6.45, 7) is 4.86. The second kappa shape index (κ2) is 27.9. The number of carbonyl (C=O) groups is 8. The maximum Gasteiger partial charge on any atom is 0.373 e. The summed E-state index contributed by atoms with van der Waals surface area (Å²) in [7, 11) is 2.91. The van der Waals surface area contributed by atoms with Crippen molar-refractivity contribution < 1.29 is 62.8 Å². The Morgan fingerprint density at radius 2 is 1.40 bits per heavy atom. The number of nitrogens with one attached hydrogen (secondary N) is 5. The number of amides is 6. The number of benzene rings is 1. The number of carboxylic acids is 2. The van der Waals surface area contributed by atoms with Gasteiger partial charge in [0.25, 0.3) is 17.7 Å². The van der Waals surface area contributed by atoms with Crippen molar-refractivity contribution in [2.45, 2.75) is 83.7 Å². The Balaban J connectivity index is 0.994. The number of hydrogen-bond donors (Lipinski definition) is 8. The molecule has 8 N–H and O–H groups in total. The zero-order valence-corrected chi connectivity index (χ0v) is 54.2. The minimum Gasteiger partial charge on any atom is -0.481 e. The number of oxazole rings is 1. The molecular formula is C59H56N14O13S6. The van der Waals surface area contributed by atoms with E-state index in [0.717, 1.165) is 67.8 Å². The van der Waals surface area contributed by atoms with Gasteiger partial charge in [-0.1, -0.05) is 44.2 Å². The molecule has 1 saturated carbocycles. The number of hydrogen-bond acceptors (Lipinski definition) is 25. The van der Waals surface area contributed by atoms with Crippen LogP contribution >= 0.6 is 68.0 Å². The summed E-state index contributed by atoms with van der Waals surface area (Å²) in [6.07, 6.45) is 0.361. The number of thiazole rings is 6. The predicted molar refractivity (Wildman–Crippen MR) is 341 cm³/mol. The molecule has 0 spiro atoms. The molecule has 0 saturated heterocycles. The van der Waals surface area contributed by atoms with Gasteiger partial charge in [0.2, 0.25) is 23.5 Å². The molecule has 9 aromatic rings. The lowest BCUT2D eigenvalue weighted by atomic mass is 9.81. The molecule has 1 fully saturated rings. The fourth-order valence-electron chi connectivity index (χ4n) is 10.2. The van der Waals surface area contributed by atoms with Gasteiger partial charge in [-0.25, -0.2) is 49.6 Å². The lowest BCUT2D eigenvalue weighted by Crippen LogP contribution is -2.40. The Labute approximate surface area is 546 Å². The number of aromatic nitrogens is 8. The molecule has 1 aromatic carbocycles. The van der Waals surface area contributed by atoms with Crippen molar-refractivity contribution in [3.8, 4) is 43.4 Å². The first-order valence-electron chi connectivity index (χ1n) is 28.4. The van der Waals surface area contributed by atoms with E-state index in [1.165, 1.54) is 30.9 Å². The number of aryl methyl sites for hydroxylation is 1. The van der Waals surface area contributed by atoms with Crippen LogP contribution in [0.5, 0.6) is 0 Å². The van der Waals surface area contributed by atoms with Crippen molar-refractivity contribution in [2.24, 2.45) is 17.8 Å². The van der Waals surface area contributed by atoms with E-state index in [9.17, 15) is 53.7 Å². The van der Waals surface area contributed by atoms with E-state index in [1.807, 2.05) is 13.8 Å². The first-order chi connectivity index (χ1) is 44.2. The van der Waals surface area contributed by atoms with E-state index in [1.54, 1.807) is 65.5 Å². The molecule has 6 amide bonds. The lowest BCUT2D eigenvalue weighted by Gasteiger charge is -2.28. The quantitative estimate of drug-likeness (QED) is 0.0535. The minimum absolute atomic E-state index is 0.0197. The molecule has 4 atom stereocenters. The van der Waals surface area contributed by atoms with Gasteiger partial charge in [0.05, 0.1) is 54.3 Å². The first-order valence-corrected chi connectivity index (χ1v) is 33.6. The monoisotopic (exact) mass is 1360 g/mol. The van der Waals surface area contributed by atoms with Crippen LogP contribution < -0.4 is 31.5 Å². The van der Waals surface area contributed by atoms with Crippen molar-refractivity contribution in [1.82, 2.24) is 66.5 Å². The number of anilines is 2. The van der Waals surface area contributed by atoms with Gasteiger partial charge in [-0.2, -0.15) is 0 Å². The third-order valence-electron chi connectivity index (χ3n) is 15.0. The van der Waals surface area contributed by atoms with Crippen LogP contribution in [-0.4, -0.2) is 123 Å². The van der Waals surface area contributed by atoms with Crippen molar-refractivity contribution in [2.75, 3.05) is 25.6 Å². The molecular weight excluding hydrogens is 1310 g/mol. The number of fused-ring (bicyclic) bond motifs is 14. The van der Waals surface area contributed by atoms with Crippen LogP contribution in [0.4, 0.5) is 11.8 Å². The number of aromatic carboxylic acids is 1. The van der Waals surface area contributed by atoms with Crippen LogP contribution in [0.3, 0.4) is 0 Å². The smallest absolute Gasteiger partial charge is 0.373 e. The molecule has 33 heteroatoms. The van der Waals surface area contributed by atoms with Crippen LogP contribution in [0.15, 0.2) is 74.6 Å². The summed E-state index contributed by atoms with van der Waals surface area (Å²) in [4.78, 5) is 148. The van der Waals surface area contributed by atoms with Gasteiger partial charge in [0.15, 0.2) is 5.82 Å². The van der Waals surface area contributed by atoms with Crippen molar-refractivity contribution in [3.63, 3.8) is 0 Å². The number of aliphatic hydroxyl groups excluding tert-OH is 1. The number of methoxy groups -OCH3 is 1. The first kappa shape index (κ1) is 64.6. The number of pyridine rings is 1. The van der Waals surface area contributed by atoms with Gasteiger partial charge in [-0.05, 0) is 56.2 Å². The van der Waals surface area contributed by atoms with E-state index in [-0.39, 0.29) is 94.9 Å². The van der Waals surface area contributed by atoms with E-state index in [2.05, 4.69) is 36.6 Å². The molecule has 1 aliphatic carbocycles. The van der Waals surface area contributed by atoms with E-state index >= 15 is 0 Å². The minimum atomic E-state index is -1.42. The number of nitrogens with zero attached hydrogens (tertiary/aromatic N) is 9. The summed E-state index contributed by atoms with van der Waals surface area (Å²) >= 11 is 6.85. The van der Waals surface area contributed by atoms with E-state index in [0.29, 0.717) is 52.3 Å². The maximum absolute atomic E-state index is 14.4. The third-order valence-corrected chi connectivity index (χ3v) is 20.7. The van der Waals surface area contributed by atoms with Crippen LogP contribution in [0.2, 0.25) is 0 Å². The Bertz CT molecular complexity index is 4280. The van der Waals surface area contributed by atoms with Gasteiger partial charge in [0.1, 0.15) is 76.4 Å². The fourth-order valence-corrected chi connectivity index (χ4v) is 15.8. The number of carbonyl (C=O) groups excluding carboxylic acids is 6. The molecule has 1 unspecified atom stereocenters. The molecule has 2 aliphatic rings. The zero-order chi connectivity index (χ0) is 65.1. The van der Waals surface area contributed by atoms with Gasteiger partial charge in [-0.3, -0.25) is 33.6 Å². The Kier molecular flexibility index (Phi) is 19.6. The number of rotatable bonds is 13. The van der Waals surface area contributed by atoms with Gasteiger partial charge in [0, 0.05) is 52.0 Å². The topological polar surface area (TPSA) is 386 Å². The van der Waals surface area contributed by atoms with Gasteiger partial charge in [-0.15, -0.1) is 68.0 Å². The Hall–Kier alpha value is -8.96. The van der Waals surface area contributed by atoms with Gasteiger partial charge < -0.3 is 51.1 Å². The van der Waals surface area contributed by atoms with Gasteiger partial charge >= 0.3 is 18.0 Å². The molecule has 27 nitrogen and oxygen atoms in total. The predicted octanol–water partition coefficient (Wildman–Crippen LogP) is 8.55. The second-order valence-corrected chi connectivity index (χ2v) is 27.3. The van der Waals surface area contributed by atoms with E-state index in [4.69, 9.17) is 39.1 Å². The maximum atomic E-state index is 14.4. The molecule has 9 heterocycles. The summed E-state index contributed by atoms with van der Waals surface area (Å²) in [5.41, 5.74) is 2.11. The fraction of sp³-hybridized carbons (Fsp3) is 0.322. The summed E-state index contributed by atoms with van der Waals surface area (Å²) in [6, 6.07) is 8.76. The van der Waals surface area contributed by atoms with Crippen molar-refractivity contribution in [1.29, 1.82) is 0 Å². The highest BCUT2D eigenvalue weighted by molar-refractivity contribution is 7.15. The highest BCUT2D eigenvalue weighted by Gasteiger charge is 2.38.